The number of rotatable bonds is 10. The van der Waals surface area contributed by atoms with Gasteiger partial charge in [0.25, 0.3) is 5.91 Å². The Morgan fingerprint density at radius 3 is 2.37 bits per heavy atom. The van der Waals surface area contributed by atoms with Gasteiger partial charge in [0.2, 0.25) is 5.88 Å². The van der Waals surface area contributed by atoms with Gasteiger partial charge in [-0.25, -0.2) is 0 Å². The van der Waals surface area contributed by atoms with Crippen molar-refractivity contribution < 1.29 is 28.5 Å². The lowest BCUT2D eigenvalue weighted by atomic mass is 10.1. The van der Waals surface area contributed by atoms with E-state index in [1.807, 2.05) is 6.07 Å². The summed E-state index contributed by atoms with van der Waals surface area (Å²) in [7, 11) is 6.18. The fourth-order valence-corrected chi connectivity index (χ4v) is 3.41. The van der Waals surface area contributed by atoms with Crippen molar-refractivity contribution in [3.8, 4) is 40.3 Å². The average molecular weight is 479 g/mol. The van der Waals surface area contributed by atoms with Gasteiger partial charge in [0, 0.05) is 11.6 Å². The molecule has 0 aliphatic carbocycles. The largest absolute Gasteiger partial charge is 0.497 e. The first-order valence-electron chi connectivity index (χ1n) is 10.7. The van der Waals surface area contributed by atoms with Crippen LogP contribution in [0.25, 0.3) is 17.0 Å². The van der Waals surface area contributed by atoms with E-state index in [2.05, 4.69) is 20.6 Å². The van der Waals surface area contributed by atoms with E-state index in [1.165, 1.54) is 14.2 Å². The molecular weight excluding hydrogens is 454 g/mol. The highest BCUT2D eigenvalue weighted by Gasteiger charge is 2.15. The van der Waals surface area contributed by atoms with Gasteiger partial charge in [0.05, 0.1) is 40.5 Å². The van der Waals surface area contributed by atoms with Crippen LogP contribution in [0, 0.1) is 0 Å². The van der Waals surface area contributed by atoms with Crippen LogP contribution in [0.3, 0.4) is 0 Å². The van der Waals surface area contributed by atoms with Crippen LogP contribution in [0.1, 0.15) is 10.4 Å². The minimum absolute atomic E-state index is 0.199. The lowest BCUT2D eigenvalue weighted by molar-refractivity contribution is 0.0943. The molecule has 0 radical (unpaired) electrons. The third-order valence-electron chi connectivity index (χ3n) is 5.17. The lowest BCUT2D eigenvalue weighted by Crippen LogP contribution is -2.28. The van der Waals surface area contributed by atoms with Crippen LogP contribution < -0.4 is 29.0 Å². The Balaban J connectivity index is 1.43. The minimum Gasteiger partial charge on any atom is -0.497 e. The van der Waals surface area contributed by atoms with Crippen molar-refractivity contribution in [1.29, 1.82) is 0 Å². The topological polar surface area (TPSA) is 118 Å². The maximum absolute atomic E-state index is 12.6. The number of carbonyl (C=O) groups is 1. The molecule has 2 aromatic carbocycles. The molecule has 35 heavy (non-hydrogen) atoms. The number of hydrogen-bond donors (Lipinski definition) is 1. The molecule has 1 amide bonds. The lowest BCUT2D eigenvalue weighted by Gasteiger charge is -2.11. The van der Waals surface area contributed by atoms with Crippen LogP contribution >= 0.6 is 0 Å². The average Bonchev–Trinajstić information content (AvgIpc) is 3.33. The van der Waals surface area contributed by atoms with Crippen LogP contribution in [0.5, 0.6) is 28.9 Å². The fraction of sp³-hybridized carbons (Fsp3) is 0.250. The molecule has 0 saturated carbocycles. The summed E-state index contributed by atoms with van der Waals surface area (Å²) in [6.07, 6.45) is 0. The summed E-state index contributed by atoms with van der Waals surface area (Å²) >= 11 is 0. The Bertz CT molecular complexity index is 1340. The van der Waals surface area contributed by atoms with E-state index in [9.17, 15) is 4.79 Å². The number of benzene rings is 2. The van der Waals surface area contributed by atoms with Gasteiger partial charge in [0.1, 0.15) is 18.1 Å². The molecular formula is C24H25N5O6. The van der Waals surface area contributed by atoms with Gasteiger partial charge in [-0.15, -0.1) is 15.3 Å². The molecule has 2 aromatic heterocycles. The number of methoxy groups -OCH3 is 4. The number of fused-ring (bicyclic) bond motifs is 1. The molecule has 0 atom stereocenters. The van der Waals surface area contributed by atoms with E-state index >= 15 is 0 Å². The highest BCUT2D eigenvalue weighted by atomic mass is 16.5. The Kier molecular flexibility index (Phi) is 7.15. The molecule has 0 aliphatic rings. The van der Waals surface area contributed by atoms with Crippen molar-refractivity contribution in [1.82, 2.24) is 25.1 Å². The first kappa shape index (κ1) is 23.6. The number of nitrogens with zero attached hydrogens (tertiary/aromatic N) is 4. The van der Waals surface area contributed by atoms with Gasteiger partial charge >= 0.3 is 0 Å². The smallest absolute Gasteiger partial charge is 0.255 e. The third-order valence-corrected chi connectivity index (χ3v) is 5.17. The molecule has 0 spiro atoms. The van der Waals surface area contributed by atoms with Crippen LogP contribution in [0.4, 0.5) is 0 Å². The molecule has 11 nitrogen and oxygen atoms in total. The van der Waals surface area contributed by atoms with E-state index in [4.69, 9.17) is 23.7 Å². The van der Waals surface area contributed by atoms with Gasteiger partial charge in [-0.2, -0.15) is 4.52 Å². The molecule has 4 rings (SSSR count). The van der Waals surface area contributed by atoms with Crippen LogP contribution in [-0.4, -0.2) is 67.3 Å². The molecule has 182 valence electrons. The monoisotopic (exact) mass is 479 g/mol. The number of amides is 1. The Hall–Kier alpha value is -4.54. The number of carbonyl (C=O) groups excluding carboxylic acids is 1. The van der Waals surface area contributed by atoms with Gasteiger partial charge < -0.3 is 29.0 Å². The molecule has 1 N–H and O–H groups in total. The van der Waals surface area contributed by atoms with Crippen molar-refractivity contribution in [3.05, 3.63) is 54.1 Å². The Labute approximate surface area is 201 Å². The molecule has 0 bridgehead atoms. The van der Waals surface area contributed by atoms with Crippen LogP contribution in [0.15, 0.2) is 48.5 Å². The van der Waals surface area contributed by atoms with Gasteiger partial charge in [0.15, 0.2) is 23.0 Å². The maximum Gasteiger partial charge on any atom is 0.255 e. The van der Waals surface area contributed by atoms with Crippen LogP contribution in [0.2, 0.25) is 0 Å². The predicted molar refractivity (Wildman–Crippen MR) is 127 cm³/mol. The van der Waals surface area contributed by atoms with Crippen molar-refractivity contribution in [3.63, 3.8) is 0 Å². The summed E-state index contributed by atoms with van der Waals surface area (Å²) in [4.78, 5) is 12.6. The zero-order valence-electron chi connectivity index (χ0n) is 19.8. The van der Waals surface area contributed by atoms with Gasteiger partial charge in [-0.1, -0.05) is 0 Å². The number of nitrogens with one attached hydrogen (secondary N) is 1. The summed E-state index contributed by atoms with van der Waals surface area (Å²) in [5.74, 6) is 2.75. The van der Waals surface area contributed by atoms with Crippen LogP contribution in [-0.2, 0) is 0 Å². The Morgan fingerprint density at radius 1 is 0.857 bits per heavy atom. The van der Waals surface area contributed by atoms with Gasteiger partial charge in [-0.05, 0) is 42.5 Å². The van der Waals surface area contributed by atoms with Crippen molar-refractivity contribution >= 4 is 11.6 Å². The molecule has 11 heteroatoms. The van der Waals surface area contributed by atoms with Crippen molar-refractivity contribution in [2.75, 3.05) is 41.6 Å². The van der Waals surface area contributed by atoms with Crippen molar-refractivity contribution in [2.45, 2.75) is 0 Å². The zero-order chi connectivity index (χ0) is 24.8. The van der Waals surface area contributed by atoms with E-state index in [0.29, 0.717) is 45.9 Å². The summed E-state index contributed by atoms with van der Waals surface area (Å²) in [6.45, 7) is 0.452. The van der Waals surface area contributed by atoms with E-state index < -0.39 is 0 Å². The molecule has 4 aromatic rings. The van der Waals surface area contributed by atoms with E-state index in [0.717, 1.165) is 5.56 Å². The second-order valence-corrected chi connectivity index (χ2v) is 7.21. The first-order valence-corrected chi connectivity index (χ1v) is 10.7. The van der Waals surface area contributed by atoms with Gasteiger partial charge in [-0.3, -0.25) is 4.79 Å². The zero-order valence-corrected chi connectivity index (χ0v) is 19.8. The second-order valence-electron chi connectivity index (χ2n) is 7.21. The first-order chi connectivity index (χ1) is 17.1. The minimum atomic E-state index is -0.303. The Morgan fingerprint density at radius 2 is 1.63 bits per heavy atom. The number of aromatic nitrogens is 4. The second kappa shape index (κ2) is 10.6. The normalized spacial score (nSPS) is 10.6. The highest BCUT2D eigenvalue weighted by Crippen LogP contribution is 2.31. The SMILES string of the molecule is COc1ccc(OC)c(C(=O)NCCOc2ccc3nnc(-c4ccc(OC)c(OC)c4)n3n2)c1. The summed E-state index contributed by atoms with van der Waals surface area (Å²) in [5.41, 5.74) is 1.68. The summed E-state index contributed by atoms with van der Waals surface area (Å²) < 4.78 is 28.4. The molecule has 0 fully saturated rings. The maximum atomic E-state index is 12.6. The molecule has 0 saturated heterocycles. The molecule has 2 heterocycles. The van der Waals surface area contributed by atoms with E-state index in [1.54, 1.807) is 61.2 Å². The number of ether oxygens (including phenoxy) is 5. The summed E-state index contributed by atoms with van der Waals surface area (Å²) in [6, 6.07) is 13.9. The van der Waals surface area contributed by atoms with Crippen molar-refractivity contribution in [2.24, 2.45) is 0 Å². The fourth-order valence-electron chi connectivity index (χ4n) is 3.41. The standard InChI is InChI=1S/C24H25N5O6/c1-31-16-6-8-18(32-2)17(14-16)24(30)25-11-12-35-22-10-9-21-26-27-23(29(21)28-22)15-5-7-19(33-3)20(13-15)34-4/h5-10,13-14H,11-12H2,1-4H3,(H,25,30). The molecule has 0 unspecified atom stereocenters. The number of hydrogen-bond acceptors (Lipinski definition) is 9. The quantitative estimate of drug-likeness (QED) is 0.342. The van der Waals surface area contributed by atoms with E-state index in [-0.39, 0.29) is 19.1 Å². The highest BCUT2D eigenvalue weighted by molar-refractivity contribution is 5.97. The third kappa shape index (κ3) is 5.03. The predicted octanol–water partition coefficient (Wildman–Crippen LogP) is 2.63. The summed E-state index contributed by atoms with van der Waals surface area (Å²) in [5, 5.41) is 15.7. The molecule has 0 aliphatic heterocycles.